The molecule has 0 N–H and O–H groups in total. The molecule has 2 unspecified atom stereocenters. The maximum absolute atomic E-state index is 4.46. The van der Waals surface area contributed by atoms with Gasteiger partial charge in [0.25, 0.3) is 0 Å². The van der Waals surface area contributed by atoms with E-state index >= 15 is 0 Å². The van der Waals surface area contributed by atoms with Crippen LogP contribution >= 0.6 is 11.3 Å². The first-order valence-electron chi connectivity index (χ1n) is 6.73. The third kappa shape index (κ3) is 2.45. The first-order chi connectivity index (χ1) is 9.25. The van der Waals surface area contributed by atoms with Crippen molar-refractivity contribution in [2.75, 3.05) is 22.9 Å². The predicted octanol–water partition coefficient (Wildman–Crippen LogP) is 3.25. The lowest BCUT2D eigenvalue weighted by Gasteiger charge is -2.45. The Hall–Kier alpha value is -1.55. The monoisotopic (exact) mass is 273 g/mol. The maximum atomic E-state index is 4.46. The van der Waals surface area contributed by atoms with Crippen molar-refractivity contribution < 1.29 is 0 Å². The van der Waals surface area contributed by atoms with Gasteiger partial charge in [-0.3, -0.25) is 0 Å². The Morgan fingerprint density at radius 2 is 1.79 bits per heavy atom. The van der Waals surface area contributed by atoms with Crippen LogP contribution in [-0.2, 0) is 0 Å². The number of piperazine rings is 1. The molecule has 1 saturated heterocycles. The zero-order chi connectivity index (χ0) is 13.2. The summed E-state index contributed by atoms with van der Waals surface area (Å²) in [6, 6.07) is 11.6. The molecule has 0 bridgehead atoms. The summed E-state index contributed by atoms with van der Waals surface area (Å²) >= 11 is 1.73. The molecule has 2 heterocycles. The van der Waals surface area contributed by atoms with Gasteiger partial charge in [0.1, 0.15) is 0 Å². The van der Waals surface area contributed by atoms with E-state index in [1.165, 1.54) is 5.69 Å². The Kier molecular flexibility index (Phi) is 3.42. The van der Waals surface area contributed by atoms with E-state index in [1.807, 2.05) is 6.20 Å². The Balaban J connectivity index is 1.80. The third-order valence-corrected chi connectivity index (χ3v) is 4.47. The molecule has 0 aliphatic carbocycles. The molecule has 19 heavy (non-hydrogen) atoms. The molecule has 3 nitrogen and oxygen atoms in total. The lowest BCUT2D eigenvalue weighted by atomic mass is 10.1. The first-order valence-corrected chi connectivity index (χ1v) is 7.61. The SMILES string of the molecule is CC1CN(c2ccccc2)CC(C)N1c1nccs1. The fraction of sp³-hybridized carbons (Fsp3) is 0.400. The van der Waals surface area contributed by atoms with Crippen LogP contribution in [0.2, 0.25) is 0 Å². The average molecular weight is 273 g/mol. The van der Waals surface area contributed by atoms with Gasteiger partial charge < -0.3 is 9.80 Å². The van der Waals surface area contributed by atoms with Gasteiger partial charge in [0, 0.05) is 42.4 Å². The molecule has 0 amide bonds. The zero-order valence-corrected chi connectivity index (χ0v) is 12.2. The molecule has 0 spiro atoms. The molecule has 0 radical (unpaired) electrons. The topological polar surface area (TPSA) is 19.4 Å². The van der Waals surface area contributed by atoms with Crippen molar-refractivity contribution in [3.05, 3.63) is 41.9 Å². The summed E-state index contributed by atoms with van der Waals surface area (Å²) in [5.41, 5.74) is 1.32. The van der Waals surface area contributed by atoms with Gasteiger partial charge in [-0.2, -0.15) is 0 Å². The summed E-state index contributed by atoms with van der Waals surface area (Å²) in [7, 11) is 0. The quantitative estimate of drug-likeness (QED) is 0.837. The van der Waals surface area contributed by atoms with Gasteiger partial charge in [0.05, 0.1) is 0 Å². The van der Waals surface area contributed by atoms with Gasteiger partial charge >= 0.3 is 0 Å². The third-order valence-electron chi connectivity index (χ3n) is 3.68. The summed E-state index contributed by atoms with van der Waals surface area (Å²) in [5.74, 6) is 0. The average Bonchev–Trinajstić information content (AvgIpc) is 2.93. The highest BCUT2D eigenvalue weighted by Crippen LogP contribution is 2.28. The summed E-state index contributed by atoms with van der Waals surface area (Å²) in [6.07, 6.45) is 1.89. The van der Waals surface area contributed by atoms with Crippen LogP contribution < -0.4 is 9.80 Å². The number of para-hydroxylation sites is 1. The van der Waals surface area contributed by atoms with E-state index < -0.39 is 0 Å². The standard InChI is InChI=1S/C15H19N3S/c1-12-10-17(14-6-4-3-5-7-14)11-13(2)18(12)15-16-8-9-19-15/h3-9,12-13H,10-11H2,1-2H3. The van der Waals surface area contributed by atoms with E-state index in [-0.39, 0.29) is 0 Å². The molecule has 4 heteroatoms. The lowest BCUT2D eigenvalue weighted by molar-refractivity contribution is 0.474. The minimum Gasteiger partial charge on any atom is -0.367 e. The number of hydrogen-bond acceptors (Lipinski definition) is 4. The van der Waals surface area contributed by atoms with Crippen molar-refractivity contribution in [3.8, 4) is 0 Å². The van der Waals surface area contributed by atoms with Crippen molar-refractivity contribution in [1.29, 1.82) is 0 Å². The normalized spacial score (nSPS) is 23.7. The van der Waals surface area contributed by atoms with Crippen molar-refractivity contribution in [2.45, 2.75) is 25.9 Å². The largest absolute Gasteiger partial charge is 0.367 e. The van der Waals surface area contributed by atoms with Crippen LogP contribution in [0.25, 0.3) is 0 Å². The molecule has 1 fully saturated rings. The smallest absolute Gasteiger partial charge is 0.185 e. The van der Waals surface area contributed by atoms with Crippen LogP contribution in [0.5, 0.6) is 0 Å². The number of aromatic nitrogens is 1. The van der Waals surface area contributed by atoms with Crippen molar-refractivity contribution in [2.24, 2.45) is 0 Å². The molecule has 1 aliphatic heterocycles. The number of benzene rings is 1. The number of rotatable bonds is 2. The van der Waals surface area contributed by atoms with Crippen LogP contribution in [0.15, 0.2) is 41.9 Å². The van der Waals surface area contributed by atoms with E-state index in [1.54, 1.807) is 11.3 Å². The summed E-state index contributed by atoms with van der Waals surface area (Å²) in [6.45, 7) is 6.67. The highest BCUT2D eigenvalue weighted by Gasteiger charge is 2.30. The van der Waals surface area contributed by atoms with Gasteiger partial charge in [-0.05, 0) is 26.0 Å². The van der Waals surface area contributed by atoms with Crippen LogP contribution in [0, 0.1) is 0 Å². The summed E-state index contributed by atoms with van der Waals surface area (Å²) < 4.78 is 0. The van der Waals surface area contributed by atoms with E-state index in [0.717, 1.165) is 18.2 Å². The Labute approximate surface area is 118 Å². The van der Waals surface area contributed by atoms with Gasteiger partial charge in [0.2, 0.25) is 0 Å². The lowest BCUT2D eigenvalue weighted by Crippen LogP contribution is -2.57. The molecule has 2 atom stereocenters. The van der Waals surface area contributed by atoms with Crippen LogP contribution in [0.1, 0.15) is 13.8 Å². The molecule has 3 rings (SSSR count). The minimum absolute atomic E-state index is 0.482. The summed E-state index contributed by atoms with van der Waals surface area (Å²) in [5, 5.41) is 3.20. The van der Waals surface area contributed by atoms with Gasteiger partial charge in [-0.1, -0.05) is 18.2 Å². The molecule has 1 aromatic carbocycles. The highest BCUT2D eigenvalue weighted by molar-refractivity contribution is 7.13. The van der Waals surface area contributed by atoms with E-state index in [0.29, 0.717) is 12.1 Å². The molecular formula is C15H19N3S. The first kappa shape index (κ1) is 12.5. The Morgan fingerprint density at radius 1 is 1.11 bits per heavy atom. The molecule has 1 aliphatic rings. The van der Waals surface area contributed by atoms with Crippen molar-refractivity contribution in [1.82, 2.24) is 4.98 Å². The fourth-order valence-corrected chi connectivity index (χ4v) is 3.74. The van der Waals surface area contributed by atoms with Crippen LogP contribution in [0.4, 0.5) is 10.8 Å². The van der Waals surface area contributed by atoms with E-state index in [9.17, 15) is 0 Å². The predicted molar refractivity (Wildman–Crippen MR) is 82.2 cm³/mol. The number of thiazole rings is 1. The van der Waals surface area contributed by atoms with E-state index in [4.69, 9.17) is 0 Å². The highest BCUT2D eigenvalue weighted by atomic mass is 32.1. The number of anilines is 2. The fourth-order valence-electron chi connectivity index (χ4n) is 2.89. The molecular weight excluding hydrogens is 254 g/mol. The van der Waals surface area contributed by atoms with Gasteiger partial charge in [-0.15, -0.1) is 11.3 Å². The maximum Gasteiger partial charge on any atom is 0.185 e. The minimum atomic E-state index is 0.482. The van der Waals surface area contributed by atoms with Crippen molar-refractivity contribution >= 4 is 22.2 Å². The number of hydrogen-bond donors (Lipinski definition) is 0. The van der Waals surface area contributed by atoms with Crippen molar-refractivity contribution in [3.63, 3.8) is 0 Å². The second-order valence-corrected chi connectivity index (χ2v) is 6.03. The van der Waals surface area contributed by atoms with Crippen LogP contribution in [-0.4, -0.2) is 30.2 Å². The van der Waals surface area contributed by atoms with E-state index in [2.05, 4.69) is 64.3 Å². The second-order valence-electron chi connectivity index (χ2n) is 5.16. The molecule has 0 saturated carbocycles. The van der Waals surface area contributed by atoms with Gasteiger partial charge in [0.15, 0.2) is 5.13 Å². The van der Waals surface area contributed by atoms with Crippen LogP contribution in [0.3, 0.4) is 0 Å². The summed E-state index contributed by atoms with van der Waals surface area (Å²) in [4.78, 5) is 9.38. The second kappa shape index (κ2) is 5.21. The number of nitrogens with zero attached hydrogens (tertiary/aromatic N) is 3. The zero-order valence-electron chi connectivity index (χ0n) is 11.4. The Morgan fingerprint density at radius 3 is 2.37 bits per heavy atom. The molecule has 1 aromatic heterocycles. The Bertz CT molecular complexity index is 499. The van der Waals surface area contributed by atoms with Gasteiger partial charge in [-0.25, -0.2) is 4.98 Å². The molecule has 2 aromatic rings. The molecule has 100 valence electrons.